The van der Waals surface area contributed by atoms with E-state index in [2.05, 4.69) is 15.1 Å². The highest BCUT2D eigenvalue weighted by Crippen LogP contribution is 2.32. The molecule has 0 saturated carbocycles. The van der Waals surface area contributed by atoms with Gasteiger partial charge in [-0.2, -0.15) is 17.7 Å². The number of alkyl halides is 3. The van der Waals surface area contributed by atoms with Crippen LogP contribution in [0.1, 0.15) is 34.9 Å². The Hall–Kier alpha value is -2.97. The van der Waals surface area contributed by atoms with Crippen LogP contribution < -0.4 is 10.5 Å². The van der Waals surface area contributed by atoms with E-state index in [0.717, 1.165) is 17.8 Å². The Bertz CT molecular complexity index is 1120. The highest BCUT2D eigenvalue weighted by Gasteiger charge is 2.32. The molecule has 0 N–H and O–H groups in total. The van der Waals surface area contributed by atoms with Gasteiger partial charge >= 0.3 is 6.18 Å². The van der Waals surface area contributed by atoms with Crippen molar-refractivity contribution in [2.45, 2.75) is 39.4 Å². The molecule has 4 rings (SSSR count). The summed E-state index contributed by atoms with van der Waals surface area (Å²) in [6.45, 7) is 4.52. The van der Waals surface area contributed by atoms with Gasteiger partial charge in [-0.05, 0) is 36.6 Å². The van der Waals surface area contributed by atoms with Crippen molar-refractivity contribution in [3.8, 4) is 0 Å². The first-order valence-corrected chi connectivity index (χ1v) is 8.96. The Labute approximate surface area is 158 Å². The van der Waals surface area contributed by atoms with Crippen molar-refractivity contribution in [2.75, 3.05) is 11.4 Å². The van der Waals surface area contributed by atoms with Gasteiger partial charge in [0.2, 0.25) is 0 Å². The van der Waals surface area contributed by atoms with Crippen LogP contribution in [0.4, 0.5) is 19.0 Å². The van der Waals surface area contributed by atoms with E-state index in [4.69, 9.17) is 0 Å². The molecule has 146 valence electrons. The number of rotatable bonds is 2. The van der Waals surface area contributed by atoms with Gasteiger partial charge in [-0.1, -0.05) is 6.92 Å². The van der Waals surface area contributed by atoms with E-state index < -0.39 is 11.7 Å². The molecule has 1 aliphatic rings. The largest absolute Gasteiger partial charge is 0.417 e. The van der Waals surface area contributed by atoms with Gasteiger partial charge in [-0.15, -0.1) is 5.10 Å². The molecular weight excluding hydrogens is 371 g/mol. The van der Waals surface area contributed by atoms with Gasteiger partial charge in [-0.3, -0.25) is 9.78 Å². The average Bonchev–Trinajstić information content (AvgIpc) is 2.66. The number of halogens is 3. The fourth-order valence-electron chi connectivity index (χ4n) is 3.44. The normalized spacial score (nSPS) is 14.4. The molecule has 3 aromatic rings. The molecule has 4 heterocycles. The number of pyridine rings is 1. The van der Waals surface area contributed by atoms with Crippen LogP contribution in [-0.4, -0.2) is 26.1 Å². The lowest BCUT2D eigenvalue weighted by Crippen LogP contribution is -2.34. The molecule has 3 aromatic heterocycles. The first-order valence-electron chi connectivity index (χ1n) is 8.96. The van der Waals surface area contributed by atoms with Crippen LogP contribution in [0.3, 0.4) is 0 Å². The highest BCUT2D eigenvalue weighted by molar-refractivity contribution is 5.54. The zero-order valence-corrected chi connectivity index (χ0v) is 15.4. The summed E-state index contributed by atoms with van der Waals surface area (Å²) < 4.78 is 40.3. The molecule has 0 aliphatic carbocycles. The van der Waals surface area contributed by atoms with E-state index in [0.29, 0.717) is 47.7 Å². The lowest BCUT2D eigenvalue weighted by Gasteiger charge is -2.30. The molecule has 0 spiro atoms. The minimum Gasteiger partial charge on any atom is -0.350 e. The van der Waals surface area contributed by atoms with Crippen molar-refractivity contribution >= 4 is 11.5 Å². The van der Waals surface area contributed by atoms with E-state index in [9.17, 15) is 18.0 Å². The van der Waals surface area contributed by atoms with Gasteiger partial charge in [0.1, 0.15) is 0 Å². The third-order valence-electron chi connectivity index (χ3n) is 4.98. The topological polar surface area (TPSA) is 63.4 Å². The van der Waals surface area contributed by atoms with Crippen molar-refractivity contribution in [1.82, 2.24) is 19.6 Å². The Kier molecular flexibility index (Phi) is 4.32. The number of aromatic nitrogens is 4. The van der Waals surface area contributed by atoms with Crippen LogP contribution in [0.2, 0.25) is 0 Å². The van der Waals surface area contributed by atoms with Gasteiger partial charge < -0.3 is 4.90 Å². The van der Waals surface area contributed by atoms with E-state index in [-0.39, 0.29) is 12.1 Å². The van der Waals surface area contributed by atoms with Gasteiger partial charge in [0, 0.05) is 43.2 Å². The molecule has 28 heavy (non-hydrogen) atoms. The molecule has 0 amide bonds. The Morgan fingerprint density at radius 1 is 1.18 bits per heavy atom. The summed E-state index contributed by atoms with van der Waals surface area (Å²) in [6.07, 6.45) is -0.945. The third-order valence-corrected chi connectivity index (χ3v) is 4.98. The second kappa shape index (κ2) is 6.57. The summed E-state index contributed by atoms with van der Waals surface area (Å²) in [5.74, 6) is 0.563. The first-order chi connectivity index (χ1) is 13.3. The van der Waals surface area contributed by atoms with Crippen molar-refractivity contribution in [2.24, 2.45) is 0 Å². The van der Waals surface area contributed by atoms with Crippen LogP contribution in [-0.2, 0) is 25.6 Å². The second-order valence-corrected chi connectivity index (χ2v) is 6.86. The minimum atomic E-state index is -4.43. The predicted octanol–water partition coefficient (Wildman–Crippen LogP) is 2.94. The van der Waals surface area contributed by atoms with Crippen LogP contribution in [0.5, 0.6) is 0 Å². The van der Waals surface area contributed by atoms with E-state index in [1.165, 1.54) is 4.52 Å². The van der Waals surface area contributed by atoms with Crippen LogP contribution in [0.25, 0.3) is 5.65 Å². The number of aryl methyl sites for hydroxylation is 2. The lowest BCUT2D eigenvalue weighted by atomic mass is 10.0. The molecular formula is C19H18F3N5O. The summed E-state index contributed by atoms with van der Waals surface area (Å²) in [5, 5.41) is 4.48. The zero-order valence-electron chi connectivity index (χ0n) is 15.4. The molecule has 0 radical (unpaired) electrons. The number of fused-ring (bicyclic) bond motifs is 2. The maximum Gasteiger partial charge on any atom is 0.417 e. The number of hydrogen-bond acceptors (Lipinski definition) is 5. The first kappa shape index (κ1) is 18.4. The Morgan fingerprint density at radius 2 is 1.96 bits per heavy atom. The fraction of sp³-hybridized carbons (Fsp3) is 0.368. The lowest BCUT2D eigenvalue weighted by molar-refractivity contribution is -0.137. The third kappa shape index (κ3) is 3.10. The summed E-state index contributed by atoms with van der Waals surface area (Å²) in [4.78, 5) is 22.7. The zero-order chi connectivity index (χ0) is 20.1. The summed E-state index contributed by atoms with van der Waals surface area (Å²) in [6, 6.07) is 2.91. The summed E-state index contributed by atoms with van der Waals surface area (Å²) in [7, 11) is 0. The van der Waals surface area contributed by atoms with Gasteiger partial charge in [0.25, 0.3) is 5.56 Å². The minimum absolute atomic E-state index is 0.229. The molecule has 1 aliphatic heterocycles. The molecule has 0 aromatic carbocycles. The standard InChI is InChI=1S/C19H18F3N5O/c1-3-12-8-24-16-6-11(2)17(25-27(16)18(12)28)26-5-4-15-13(10-26)7-14(9-23-15)19(20,21)22/h6-9H,3-5,10H2,1-2H3. The Balaban J connectivity index is 1.76. The van der Waals surface area contributed by atoms with Gasteiger partial charge in [-0.25, -0.2) is 4.98 Å². The average molecular weight is 389 g/mol. The van der Waals surface area contributed by atoms with Crippen molar-refractivity contribution in [3.63, 3.8) is 0 Å². The molecule has 0 fully saturated rings. The number of nitrogens with zero attached hydrogens (tertiary/aromatic N) is 5. The maximum absolute atomic E-state index is 13.0. The monoisotopic (exact) mass is 389 g/mol. The van der Waals surface area contributed by atoms with Crippen molar-refractivity contribution < 1.29 is 13.2 Å². The van der Waals surface area contributed by atoms with E-state index in [1.807, 2.05) is 18.7 Å². The SMILES string of the molecule is CCc1cnc2cc(C)c(N3CCc4ncc(C(F)(F)F)cc4C3)nn2c1=O. The van der Waals surface area contributed by atoms with Crippen LogP contribution in [0.15, 0.2) is 29.3 Å². The van der Waals surface area contributed by atoms with E-state index >= 15 is 0 Å². The molecule has 0 unspecified atom stereocenters. The number of anilines is 1. The van der Waals surface area contributed by atoms with Gasteiger partial charge in [0.05, 0.1) is 5.56 Å². The van der Waals surface area contributed by atoms with E-state index in [1.54, 1.807) is 12.3 Å². The smallest absolute Gasteiger partial charge is 0.350 e. The molecule has 0 atom stereocenters. The van der Waals surface area contributed by atoms with Crippen molar-refractivity contribution in [1.29, 1.82) is 0 Å². The number of hydrogen-bond donors (Lipinski definition) is 0. The fourth-order valence-corrected chi connectivity index (χ4v) is 3.44. The Morgan fingerprint density at radius 3 is 2.68 bits per heavy atom. The predicted molar refractivity (Wildman–Crippen MR) is 97.4 cm³/mol. The molecule has 0 saturated heterocycles. The quantitative estimate of drug-likeness (QED) is 0.674. The molecule has 6 nitrogen and oxygen atoms in total. The molecule has 0 bridgehead atoms. The summed E-state index contributed by atoms with van der Waals surface area (Å²) in [5.41, 5.74) is 2.01. The molecule has 9 heteroatoms. The maximum atomic E-state index is 13.0. The van der Waals surface area contributed by atoms with Crippen LogP contribution >= 0.6 is 0 Å². The second-order valence-electron chi connectivity index (χ2n) is 6.86. The highest BCUT2D eigenvalue weighted by atomic mass is 19.4. The van der Waals surface area contributed by atoms with Crippen molar-refractivity contribution in [3.05, 3.63) is 62.8 Å². The summed E-state index contributed by atoms with van der Waals surface area (Å²) >= 11 is 0. The van der Waals surface area contributed by atoms with Crippen LogP contribution in [0, 0.1) is 6.92 Å². The van der Waals surface area contributed by atoms with Gasteiger partial charge in [0.15, 0.2) is 11.5 Å².